The van der Waals surface area contributed by atoms with E-state index in [0.717, 1.165) is 16.7 Å². The summed E-state index contributed by atoms with van der Waals surface area (Å²) in [6.45, 7) is 0. The van der Waals surface area contributed by atoms with E-state index in [-0.39, 0.29) is 0 Å². The molecule has 0 fully saturated rings. The van der Waals surface area contributed by atoms with Gasteiger partial charge in [0.2, 0.25) is 0 Å². The van der Waals surface area contributed by atoms with Crippen LogP contribution in [-0.4, -0.2) is 9.55 Å². The molecular formula is C25H16N2. The largest absolute Gasteiger partial charge is 0.307 e. The van der Waals surface area contributed by atoms with E-state index in [1.165, 1.54) is 32.4 Å². The molecule has 6 rings (SSSR count). The smallest absolute Gasteiger partial charge is 0.0969 e. The summed E-state index contributed by atoms with van der Waals surface area (Å²) in [7, 11) is 0. The lowest BCUT2D eigenvalue weighted by atomic mass is 9.98. The van der Waals surface area contributed by atoms with Gasteiger partial charge in [-0.05, 0) is 40.4 Å². The van der Waals surface area contributed by atoms with E-state index in [0.29, 0.717) is 0 Å². The summed E-state index contributed by atoms with van der Waals surface area (Å²) in [5.74, 6) is 0. The molecular weight excluding hydrogens is 328 g/mol. The number of rotatable bonds is 1. The number of nitrogens with zero attached hydrogens (tertiary/aromatic N) is 2. The zero-order valence-corrected chi connectivity index (χ0v) is 14.6. The first-order chi connectivity index (χ1) is 13.4. The van der Waals surface area contributed by atoms with Crippen LogP contribution in [0.2, 0.25) is 0 Å². The van der Waals surface area contributed by atoms with Crippen molar-refractivity contribution in [3.63, 3.8) is 0 Å². The molecule has 0 aliphatic heterocycles. The molecule has 0 aliphatic carbocycles. The molecule has 2 heterocycles. The fourth-order valence-electron chi connectivity index (χ4n) is 4.33. The first kappa shape index (κ1) is 14.5. The van der Waals surface area contributed by atoms with Gasteiger partial charge in [-0.15, -0.1) is 0 Å². The average Bonchev–Trinajstić information content (AvgIpc) is 3.10. The van der Waals surface area contributed by atoms with Gasteiger partial charge in [0.05, 0.1) is 16.6 Å². The van der Waals surface area contributed by atoms with E-state index in [9.17, 15) is 0 Å². The van der Waals surface area contributed by atoms with Crippen LogP contribution in [0.15, 0.2) is 97.2 Å². The highest BCUT2D eigenvalue weighted by Crippen LogP contribution is 2.41. The van der Waals surface area contributed by atoms with Crippen LogP contribution in [-0.2, 0) is 0 Å². The second-order valence-electron chi connectivity index (χ2n) is 6.86. The lowest BCUT2D eigenvalue weighted by Gasteiger charge is -2.11. The number of benzene rings is 4. The van der Waals surface area contributed by atoms with Crippen LogP contribution in [0.5, 0.6) is 0 Å². The van der Waals surface area contributed by atoms with Crippen LogP contribution in [0, 0.1) is 0 Å². The van der Waals surface area contributed by atoms with E-state index in [4.69, 9.17) is 4.98 Å². The third kappa shape index (κ3) is 1.92. The summed E-state index contributed by atoms with van der Waals surface area (Å²) in [5, 5.41) is 6.29. The second kappa shape index (κ2) is 5.42. The van der Waals surface area contributed by atoms with Gasteiger partial charge in [-0.3, -0.25) is 4.98 Å². The molecule has 0 N–H and O–H groups in total. The predicted molar refractivity (Wildman–Crippen MR) is 114 cm³/mol. The van der Waals surface area contributed by atoms with Crippen LogP contribution >= 0.6 is 0 Å². The maximum atomic E-state index is 4.79. The van der Waals surface area contributed by atoms with E-state index < -0.39 is 0 Å². The normalized spacial score (nSPS) is 11.7. The van der Waals surface area contributed by atoms with Crippen LogP contribution < -0.4 is 0 Å². The predicted octanol–water partition coefficient (Wildman–Crippen LogP) is 6.49. The van der Waals surface area contributed by atoms with Crippen molar-refractivity contribution >= 4 is 43.5 Å². The first-order valence-corrected chi connectivity index (χ1v) is 9.17. The van der Waals surface area contributed by atoms with Gasteiger partial charge in [0, 0.05) is 22.7 Å². The maximum Gasteiger partial charge on any atom is 0.0969 e. The molecule has 0 amide bonds. The van der Waals surface area contributed by atoms with E-state index >= 15 is 0 Å². The fourth-order valence-corrected chi connectivity index (χ4v) is 4.33. The molecule has 4 aromatic carbocycles. The summed E-state index contributed by atoms with van der Waals surface area (Å²) in [6.07, 6.45) is 1.89. The van der Waals surface area contributed by atoms with Crippen molar-refractivity contribution in [2.45, 2.75) is 0 Å². The van der Waals surface area contributed by atoms with Crippen molar-refractivity contribution in [2.24, 2.45) is 0 Å². The Balaban J connectivity index is 2.02. The van der Waals surface area contributed by atoms with Crippen LogP contribution in [0.1, 0.15) is 0 Å². The molecule has 0 bridgehead atoms. The maximum absolute atomic E-state index is 4.79. The Labute approximate surface area is 156 Å². The molecule has 0 spiro atoms. The number of hydrogen-bond acceptors (Lipinski definition) is 1. The molecule has 0 unspecified atom stereocenters. The highest BCUT2D eigenvalue weighted by molar-refractivity contribution is 6.31. The van der Waals surface area contributed by atoms with Gasteiger partial charge in [0.25, 0.3) is 0 Å². The molecule has 2 nitrogen and oxygen atoms in total. The minimum atomic E-state index is 1.05. The molecule has 0 radical (unpaired) electrons. The Hall–Kier alpha value is -3.65. The lowest BCUT2D eigenvalue weighted by Crippen LogP contribution is -1.94. The minimum absolute atomic E-state index is 1.05. The van der Waals surface area contributed by atoms with Crippen LogP contribution in [0.3, 0.4) is 0 Å². The molecule has 0 aliphatic rings. The third-order valence-electron chi connectivity index (χ3n) is 5.41. The van der Waals surface area contributed by atoms with Crippen LogP contribution in [0.4, 0.5) is 0 Å². The number of pyridine rings is 1. The van der Waals surface area contributed by atoms with Gasteiger partial charge in [-0.2, -0.15) is 0 Å². The average molecular weight is 344 g/mol. The second-order valence-corrected chi connectivity index (χ2v) is 6.86. The lowest BCUT2D eigenvalue weighted by molar-refractivity contribution is 1.18. The Morgan fingerprint density at radius 2 is 1.19 bits per heavy atom. The van der Waals surface area contributed by atoms with Crippen molar-refractivity contribution in [1.29, 1.82) is 0 Å². The number of para-hydroxylation sites is 1. The zero-order chi connectivity index (χ0) is 17.8. The highest BCUT2D eigenvalue weighted by atomic mass is 15.0. The Kier molecular flexibility index (Phi) is 2.91. The summed E-state index contributed by atoms with van der Waals surface area (Å²) >= 11 is 0. The van der Waals surface area contributed by atoms with Gasteiger partial charge in [0.1, 0.15) is 0 Å². The molecule has 27 heavy (non-hydrogen) atoms. The minimum Gasteiger partial charge on any atom is -0.307 e. The molecule has 126 valence electrons. The highest BCUT2D eigenvalue weighted by Gasteiger charge is 2.18. The summed E-state index contributed by atoms with van der Waals surface area (Å²) in [6, 6.07) is 32.1. The zero-order valence-electron chi connectivity index (χ0n) is 14.6. The number of aromatic nitrogens is 2. The Morgan fingerprint density at radius 3 is 1.96 bits per heavy atom. The van der Waals surface area contributed by atoms with Gasteiger partial charge >= 0.3 is 0 Å². The first-order valence-electron chi connectivity index (χ1n) is 9.17. The SMILES string of the molecule is c1ccc(-n2c3cccnc3c3c4ccccc4c4ccccc4c32)cc1. The number of hydrogen-bond donors (Lipinski definition) is 0. The van der Waals surface area contributed by atoms with Crippen molar-refractivity contribution in [1.82, 2.24) is 9.55 Å². The van der Waals surface area contributed by atoms with Crippen molar-refractivity contribution in [2.75, 3.05) is 0 Å². The van der Waals surface area contributed by atoms with E-state index in [1.807, 2.05) is 12.3 Å². The molecule has 6 aromatic rings. The Morgan fingerprint density at radius 1 is 0.556 bits per heavy atom. The van der Waals surface area contributed by atoms with Gasteiger partial charge in [-0.25, -0.2) is 0 Å². The standard InChI is InChI=1S/C25H16N2/c1-2-9-17(10-3-1)27-22-15-8-16-26-24(22)23-20-13-6-4-11-18(20)19-12-5-7-14-21(19)25(23)27/h1-16H. The van der Waals surface area contributed by atoms with Crippen molar-refractivity contribution in [3.05, 3.63) is 97.2 Å². The van der Waals surface area contributed by atoms with E-state index in [1.54, 1.807) is 0 Å². The Bertz CT molecular complexity index is 1460. The number of fused-ring (bicyclic) bond motifs is 8. The molecule has 0 saturated heterocycles. The molecule has 2 heteroatoms. The van der Waals surface area contributed by atoms with Gasteiger partial charge in [-0.1, -0.05) is 66.7 Å². The topological polar surface area (TPSA) is 17.8 Å². The van der Waals surface area contributed by atoms with Crippen molar-refractivity contribution < 1.29 is 0 Å². The fraction of sp³-hybridized carbons (Fsp3) is 0. The van der Waals surface area contributed by atoms with Gasteiger partial charge < -0.3 is 4.57 Å². The molecule has 0 atom stereocenters. The van der Waals surface area contributed by atoms with E-state index in [2.05, 4.69) is 89.5 Å². The van der Waals surface area contributed by atoms with Gasteiger partial charge in [0.15, 0.2) is 0 Å². The summed E-state index contributed by atoms with van der Waals surface area (Å²) in [5.41, 5.74) is 4.58. The molecule has 2 aromatic heterocycles. The van der Waals surface area contributed by atoms with Crippen molar-refractivity contribution in [3.8, 4) is 5.69 Å². The molecule has 0 saturated carbocycles. The third-order valence-corrected chi connectivity index (χ3v) is 5.41. The summed E-state index contributed by atoms with van der Waals surface area (Å²) in [4.78, 5) is 4.79. The van der Waals surface area contributed by atoms with Crippen LogP contribution in [0.25, 0.3) is 49.2 Å². The monoisotopic (exact) mass is 344 g/mol. The summed E-state index contributed by atoms with van der Waals surface area (Å²) < 4.78 is 2.35. The quantitative estimate of drug-likeness (QED) is 0.312.